The summed E-state index contributed by atoms with van der Waals surface area (Å²) >= 11 is 0. The zero-order valence-corrected chi connectivity index (χ0v) is 16.4. The first-order valence-electron chi connectivity index (χ1n) is 9.65. The minimum absolute atomic E-state index is 0.000366. The van der Waals surface area contributed by atoms with E-state index in [0.29, 0.717) is 11.3 Å². The highest BCUT2D eigenvalue weighted by atomic mass is 16.5. The maximum Gasteiger partial charge on any atom is 0.326 e. The Balaban J connectivity index is 1.49. The second kappa shape index (κ2) is 7.58. The summed E-state index contributed by atoms with van der Waals surface area (Å²) in [6.45, 7) is 3.84. The Kier molecular flexibility index (Phi) is 4.96. The molecule has 0 radical (unpaired) electrons. The molecule has 0 spiro atoms. The number of aryl methyl sites for hydroxylation is 1. The third kappa shape index (κ3) is 4.08. The molecule has 0 saturated heterocycles. The molecule has 2 aromatic heterocycles. The Morgan fingerprint density at radius 3 is 2.79 bits per heavy atom. The highest BCUT2D eigenvalue weighted by Gasteiger charge is 2.38. The van der Waals surface area contributed by atoms with Crippen molar-refractivity contribution in [2.45, 2.75) is 45.4 Å². The largest absolute Gasteiger partial charge is 0.487 e. The molecule has 1 aromatic carbocycles. The van der Waals surface area contributed by atoms with Crippen LogP contribution in [0, 0.1) is 6.92 Å². The molecule has 1 saturated carbocycles. The number of nitrogens with zero attached hydrogens (tertiary/aromatic N) is 3. The number of carbonyl (C=O) groups is 2. The second-order valence-electron chi connectivity index (χ2n) is 7.48. The van der Waals surface area contributed by atoms with Gasteiger partial charge in [0, 0.05) is 24.0 Å². The fourth-order valence-corrected chi connectivity index (χ4v) is 3.38. The van der Waals surface area contributed by atoms with Gasteiger partial charge >= 0.3 is 5.97 Å². The van der Waals surface area contributed by atoms with Gasteiger partial charge in [0.05, 0.1) is 5.69 Å². The summed E-state index contributed by atoms with van der Waals surface area (Å²) in [5.74, 6) is -0.737. The predicted octanol–water partition coefficient (Wildman–Crippen LogP) is 3.30. The summed E-state index contributed by atoms with van der Waals surface area (Å²) in [7, 11) is 0. The predicted molar refractivity (Wildman–Crippen MR) is 107 cm³/mol. The van der Waals surface area contributed by atoms with E-state index in [2.05, 4.69) is 4.98 Å². The van der Waals surface area contributed by atoms with Crippen molar-refractivity contribution in [3.63, 3.8) is 0 Å². The van der Waals surface area contributed by atoms with Crippen molar-refractivity contribution >= 4 is 17.5 Å². The van der Waals surface area contributed by atoms with Crippen LogP contribution in [0.25, 0.3) is 5.65 Å². The standard InChI is InChI=1S/C22H23N3O4/c1-14-6-9-20-23-17(12-24(20)11-14)13-29-19-5-3-4-16(10-19)21(26)25(18-7-8-18)15(2)22(27)28/h3-6,9-12,15,18H,7-8,13H2,1-2H3,(H,27,28). The molecule has 4 rings (SSSR count). The van der Waals surface area contributed by atoms with E-state index in [-0.39, 0.29) is 18.6 Å². The van der Waals surface area contributed by atoms with Gasteiger partial charge in [-0.3, -0.25) is 4.79 Å². The molecular formula is C22H23N3O4. The topological polar surface area (TPSA) is 84.1 Å². The lowest BCUT2D eigenvalue weighted by atomic mass is 10.1. The second-order valence-corrected chi connectivity index (χ2v) is 7.48. The first-order chi connectivity index (χ1) is 13.9. The van der Waals surface area contributed by atoms with E-state index in [1.54, 1.807) is 31.2 Å². The van der Waals surface area contributed by atoms with Crippen LogP contribution in [0.2, 0.25) is 0 Å². The minimum Gasteiger partial charge on any atom is -0.487 e. The van der Waals surface area contributed by atoms with E-state index < -0.39 is 12.0 Å². The maximum absolute atomic E-state index is 12.9. The molecule has 2 heterocycles. The average Bonchev–Trinajstić information content (AvgIpc) is 3.45. The van der Waals surface area contributed by atoms with E-state index in [0.717, 1.165) is 29.7 Å². The number of rotatable bonds is 7. The summed E-state index contributed by atoms with van der Waals surface area (Å²) in [6.07, 6.45) is 5.60. The van der Waals surface area contributed by atoms with Crippen LogP contribution in [0.5, 0.6) is 5.75 Å². The first kappa shape index (κ1) is 19.0. The van der Waals surface area contributed by atoms with Crippen molar-refractivity contribution < 1.29 is 19.4 Å². The molecule has 29 heavy (non-hydrogen) atoms. The number of imidazole rings is 1. The lowest BCUT2D eigenvalue weighted by molar-refractivity contribution is -0.141. The summed E-state index contributed by atoms with van der Waals surface area (Å²) in [4.78, 5) is 30.3. The lowest BCUT2D eigenvalue weighted by Gasteiger charge is -2.26. The van der Waals surface area contributed by atoms with Gasteiger partial charge < -0.3 is 19.1 Å². The number of aromatic nitrogens is 2. The van der Waals surface area contributed by atoms with Gasteiger partial charge in [-0.05, 0) is 56.5 Å². The van der Waals surface area contributed by atoms with Gasteiger partial charge in [0.15, 0.2) is 0 Å². The van der Waals surface area contributed by atoms with Crippen molar-refractivity contribution in [1.29, 1.82) is 0 Å². The van der Waals surface area contributed by atoms with Crippen molar-refractivity contribution in [1.82, 2.24) is 14.3 Å². The summed E-state index contributed by atoms with van der Waals surface area (Å²) < 4.78 is 7.80. The number of carbonyl (C=O) groups excluding carboxylic acids is 1. The third-order valence-corrected chi connectivity index (χ3v) is 5.07. The zero-order valence-electron chi connectivity index (χ0n) is 16.4. The molecule has 0 bridgehead atoms. The highest BCUT2D eigenvalue weighted by molar-refractivity contribution is 5.97. The molecular weight excluding hydrogens is 370 g/mol. The number of carboxylic acids is 1. The molecule has 1 N–H and O–H groups in total. The van der Waals surface area contributed by atoms with E-state index in [1.165, 1.54) is 4.90 Å². The van der Waals surface area contributed by atoms with Crippen LogP contribution in [0.15, 0.2) is 48.8 Å². The smallest absolute Gasteiger partial charge is 0.326 e. The van der Waals surface area contributed by atoms with Crippen LogP contribution in [-0.2, 0) is 11.4 Å². The number of ether oxygens (including phenoxy) is 1. The number of benzene rings is 1. The first-order valence-corrected chi connectivity index (χ1v) is 9.65. The van der Waals surface area contributed by atoms with E-state index >= 15 is 0 Å². The van der Waals surface area contributed by atoms with Gasteiger partial charge in [-0.1, -0.05) is 12.1 Å². The lowest BCUT2D eigenvalue weighted by Crippen LogP contribution is -2.44. The van der Waals surface area contributed by atoms with Crippen LogP contribution < -0.4 is 4.74 Å². The zero-order chi connectivity index (χ0) is 20.5. The van der Waals surface area contributed by atoms with Crippen LogP contribution in [0.1, 0.15) is 41.4 Å². The summed E-state index contributed by atoms with van der Waals surface area (Å²) in [5.41, 5.74) is 3.20. The van der Waals surface area contributed by atoms with E-state index in [1.807, 2.05) is 35.9 Å². The number of fused-ring (bicyclic) bond motifs is 1. The molecule has 7 heteroatoms. The van der Waals surface area contributed by atoms with Crippen LogP contribution in [0.4, 0.5) is 0 Å². The molecule has 1 aliphatic carbocycles. The van der Waals surface area contributed by atoms with Crippen molar-refractivity contribution in [3.05, 3.63) is 65.6 Å². The number of carboxylic acid groups (broad SMARTS) is 1. The Morgan fingerprint density at radius 1 is 1.28 bits per heavy atom. The normalized spacial score (nSPS) is 14.6. The fraction of sp³-hybridized carbons (Fsp3) is 0.318. The van der Waals surface area contributed by atoms with Crippen molar-refractivity contribution in [3.8, 4) is 5.75 Å². The molecule has 7 nitrogen and oxygen atoms in total. The number of amides is 1. The van der Waals surface area contributed by atoms with Crippen LogP contribution in [0.3, 0.4) is 0 Å². The van der Waals surface area contributed by atoms with Gasteiger partial charge in [-0.2, -0.15) is 0 Å². The number of pyridine rings is 1. The minimum atomic E-state index is -1.00. The van der Waals surface area contributed by atoms with Crippen LogP contribution in [-0.4, -0.2) is 43.4 Å². The SMILES string of the molecule is Cc1ccc2nc(COc3cccc(C(=O)N(C4CC4)C(C)C(=O)O)c3)cn2c1. The molecule has 0 aliphatic heterocycles. The quantitative estimate of drug-likeness (QED) is 0.666. The molecule has 1 aliphatic rings. The summed E-state index contributed by atoms with van der Waals surface area (Å²) in [6, 6.07) is 9.96. The number of hydrogen-bond donors (Lipinski definition) is 1. The Bertz CT molecular complexity index is 1070. The van der Waals surface area contributed by atoms with E-state index in [4.69, 9.17) is 4.74 Å². The molecule has 150 valence electrons. The van der Waals surface area contributed by atoms with Gasteiger partial charge in [0.25, 0.3) is 5.91 Å². The van der Waals surface area contributed by atoms with E-state index in [9.17, 15) is 14.7 Å². The Labute approximate surface area is 168 Å². The summed E-state index contributed by atoms with van der Waals surface area (Å²) in [5, 5.41) is 9.34. The maximum atomic E-state index is 12.9. The van der Waals surface area contributed by atoms with Crippen LogP contribution >= 0.6 is 0 Å². The molecule has 1 amide bonds. The average molecular weight is 393 g/mol. The molecule has 3 aromatic rings. The number of hydrogen-bond acceptors (Lipinski definition) is 4. The van der Waals surface area contributed by atoms with Crippen molar-refractivity contribution in [2.24, 2.45) is 0 Å². The third-order valence-electron chi connectivity index (χ3n) is 5.07. The van der Waals surface area contributed by atoms with Gasteiger partial charge in [-0.25, -0.2) is 9.78 Å². The van der Waals surface area contributed by atoms with Gasteiger partial charge in [-0.15, -0.1) is 0 Å². The highest BCUT2D eigenvalue weighted by Crippen LogP contribution is 2.31. The molecule has 1 unspecified atom stereocenters. The Hall–Kier alpha value is -3.35. The molecule has 1 atom stereocenters. The monoisotopic (exact) mass is 393 g/mol. The number of aliphatic carboxylic acids is 1. The Morgan fingerprint density at radius 2 is 2.07 bits per heavy atom. The van der Waals surface area contributed by atoms with Gasteiger partial charge in [0.1, 0.15) is 24.0 Å². The van der Waals surface area contributed by atoms with Gasteiger partial charge in [0.2, 0.25) is 0 Å². The fourth-order valence-electron chi connectivity index (χ4n) is 3.38. The van der Waals surface area contributed by atoms with Crippen molar-refractivity contribution in [2.75, 3.05) is 0 Å². The molecule has 1 fully saturated rings.